The van der Waals surface area contributed by atoms with Crippen molar-refractivity contribution >= 4 is 0 Å². The molecule has 0 amide bonds. The molecule has 2 heteroatoms. The van der Waals surface area contributed by atoms with Crippen LogP contribution >= 0.6 is 0 Å². The molecule has 1 saturated heterocycles. The second kappa shape index (κ2) is 18.7. The van der Waals surface area contributed by atoms with E-state index in [0.717, 1.165) is 19.6 Å². The lowest BCUT2D eigenvalue weighted by molar-refractivity contribution is 0.0568. The first-order valence-corrected chi connectivity index (χ1v) is 12.0. The van der Waals surface area contributed by atoms with Gasteiger partial charge in [-0.1, -0.05) is 83.1 Å². The Labute approximate surface area is 170 Å². The minimum Gasteiger partial charge on any atom is -0.377 e. The molecule has 1 atom stereocenters. The van der Waals surface area contributed by atoms with Crippen molar-refractivity contribution in [3.05, 3.63) is 24.3 Å². The van der Waals surface area contributed by atoms with E-state index in [1.54, 1.807) is 0 Å². The van der Waals surface area contributed by atoms with Gasteiger partial charge in [-0.25, -0.2) is 0 Å². The third-order valence-corrected chi connectivity index (χ3v) is 5.62. The van der Waals surface area contributed by atoms with Gasteiger partial charge < -0.3 is 9.64 Å². The Bertz CT molecular complexity index is 363. The number of unbranched alkanes of at least 4 members (excludes halogenated alkanes) is 10. The lowest BCUT2D eigenvalue weighted by atomic mass is 10.1. The van der Waals surface area contributed by atoms with Crippen LogP contribution in [0.4, 0.5) is 0 Å². The molecule has 158 valence electrons. The smallest absolute Gasteiger partial charge is 0.0714 e. The molecule has 1 heterocycles. The van der Waals surface area contributed by atoms with E-state index in [0.29, 0.717) is 6.10 Å². The van der Waals surface area contributed by atoms with E-state index in [1.807, 2.05) is 0 Å². The van der Waals surface area contributed by atoms with Crippen LogP contribution < -0.4 is 0 Å². The highest BCUT2D eigenvalue weighted by Crippen LogP contribution is 2.13. The molecule has 0 aromatic rings. The van der Waals surface area contributed by atoms with Gasteiger partial charge in [0.05, 0.1) is 6.10 Å². The molecule has 27 heavy (non-hydrogen) atoms. The summed E-state index contributed by atoms with van der Waals surface area (Å²) >= 11 is 0. The highest BCUT2D eigenvalue weighted by molar-refractivity contribution is 4.92. The SMILES string of the molecule is CCCCC/C=C\C/C=C\CCCCCCCCCOC1CCN(CC)C1. The fourth-order valence-corrected chi connectivity index (χ4v) is 3.74. The average Bonchev–Trinajstić information content (AvgIpc) is 3.15. The zero-order valence-corrected chi connectivity index (χ0v) is 18.5. The molecule has 2 nitrogen and oxygen atoms in total. The van der Waals surface area contributed by atoms with Crippen LogP contribution in [0.1, 0.15) is 104 Å². The van der Waals surface area contributed by atoms with E-state index in [4.69, 9.17) is 4.74 Å². The number of rotatable bonds is 18. The van der Waals surface area contributed by atoms with Crippen molar-refractivity contribution in [2.45, 2.75) is 110 Å². The molecule has 0 bridgehead atoms. The van der Waals surface area contributed by atoms with Crippen LogP contribution in [0.3, 0.4) is 0 Å². The summed E-state index contributed by atoms with van der Waals surface area (Å²) in [6.45, 7) is 9.03. The topological polar surface area (TPSA) is 12.5 Å². The van der Waals surface area contributed by atoms with E-state index in [-0.39, 0.29) is 0 Å². The molecular formula is C25H47NO. The predicted octanol–water partition coefficient (Wildman–Crippen LogP) is 7.30. The number of likely N-dealkylation sites (N-methyl/N-ethyl adjacent to an activating group) is 1. The van der Waals surface area contributed by atoms with Gasteiger partial charge in [-0.05, 0) is 51.5 Å². The minimum atomic E-state index is 0.509. The van der Waals surface area contributed by atoms with Gasteiger partial charge in [-0.3, -0.25) is 0 Å². The number of likely N-dealkylation sites (tertiary alicyclic amines) is 1. The summed E-state index contributed by atoms with van der Waals surface area (Å²) in [5.41, 5.74) is 0. The van der Waals surface area contributed by atoms with Crippen molar-refractivity contribution in [1.29, 1.82) is 0 Å². The van der Waals surface area contributed by atoms with E-state index < -0.39 is 0 Å². The molecule has 0 radical (unpaired) electrons. The molecular weight excluding hydrogens is 330 g/mol. The number of allylic oxidation sites excluding steroid dienone is 4. The largest absolute Gasteiger partial charge is 0.377 e. The zero-order chi connectivity index (χ0) is 19.4. The maximum atomic E-state index is 6.01. The number of hydrogen-bond acceptors (Lipinski definition) is 2. The first-order chi connectivity index (χ1) is 13.4. The quantitative estimate of drug-likeness (QED) is 0.183. The van der Waals surface area contributed by atoms with Crippen molar-refractivity contribution in [3.8, 4) is 0 Å². The Morgan fingerprint density at radius 3 is 2.04 bits per heavy atom. The van der Waals surface area contributed by atoms with Crippen LogP contribution in [-0.4, -0.2) is 37.2 Å². The minimum absolute atomic E-state index is 0.509. The Balaban J connectivity index is 1.75. The molecule has 0 spiro atoms. The van der Waals surface area contributed by atoms with Crippen molar-refractivity contribution in [2.75, 3.05) is 26.2 Å². The molecule has 0 aromatic heterocycles. The molecule has 0 N–H and O–H groups in total. The summed E-state index contributed by atoms with van der Waals surface area (Å²) < 4.78 is 6.01. The lowest BCUT2D eigenvalue weighted by Crippen LogP contribution is -2.23. The van der Waals surface area contributed by atoms with Crippen molar-refractivity contribution in [3.63, 3.8) is 0 Å². The van der Waals surface area contributed by atoms with Crippen LogP contribution in [0.25, 0.3) is 0 Å². The Kier molecular flexibility index (Phi) is 17.0. The average molecular weight is 378 g/mol. The van der Waals surface area contributed by atoms with Gasteiger partial charge in [0.1, 0.15) is 0 Å². The molecule has 0 aromatic carbocycles. The van der Waals surface area contributed by atoms with Gasteiger partial charge in [0.25, 0.3) is 0 Å². The molecule has 1 aliphatic heterocycles. The fourth-order valence-electron chi connectivity index (χ4n) is 3.74. The van der Waals surface area contributed by atoms with Crippen molar-refractivity contribution in [2.24, 2.45) is 0 Å². The maximum Gasteiger partial charge on any atom is 0.0714 e. The third kappa shape index (κ3) is 15.0. The molecule has 1 fully saturated rings. The third-order valence-electron chi connectivity index (χ3n) is 5.62. The van der Waals surface area contributed by atoms with Crippen LogP contribution in [0.5, 0.6) is 0 Å². The maximum absolute atomic E-state index is 6.01. The van der Waals surface area contributed by atoms with Crippen molar-refractivity contribution in [1.82, 2.24) is 4.90 Å². The van der Waals surface area contributed by atoms with E-state index in [1.165, 1.54) is 96.6 Å². The van der Waals surface area contributed by atoms with Gasteiger partial charge in [0.2, 0.25) is 0 Å². The summed E-state index contributed by atoms with van der Waals surface area (Å²) in [7, 11) is 0. The highest BCUT2D eigenvalue weighted by Gasteiger charge is 2.20. The van der Waals surface area contributed by atoms with Crippen LogP contribution in [0, 0.1) is 0 Å². The van der Waals surface area contributed by atoms with Crippen LogP contribution in [0.2, 0.25) is 0 Å². The summed E-state index contributed by atoms with van der Waals surface area (Å²) in [5.74, 6) is 0. The molecule has 0 aliphatic carbocycles. The van der Waals surface area contributed by atoms with Gasteiger partial charge in [-0.2, -0.15) is 0 Å². The Morgan fingerprint density at radius 2 is 1.41 bits per heavy atom. The second-order valence-corrected chi connectivity index (χ2v) is 8.11. The van der Waals surface area contributed by atoms with E-state index in [2.05, 4.69) is 43.1 Å². The first kappa shape index (κ1) is 24.4. The summed E-state index contributed by atoms with van der Waals surface area (Å²) in [6, 6.07) is 0. The van der Waals surface area contributed by atoms with Gasteiger partial charge in [0, 0.05) is 19.7 Å². The monoisotopic (exact) mass is 377 g/mol. The number of ether oxygens (including phenoxy) is 1. The molecule has 0 saturated carbocycles. The lowest BCUT2D eigenvalue weighted by Gasteiger charge is -2.13. The summed E-state index contributed by atoms with van der Waals surface area (Å²) in [6.07, 6.45) is 28.3. The highest BCUT2D eigenvalue weighted by atomic mass is 16.5. The Hall–Kier alpha value is -0.600. The molecule has 1 aliphatic rings. The van der Waals surface area contributed by atoms with Gasteiger partial charge in [-0.15, -0.1) is 0 Å². The van der Waals surface area contributed by atoms with Gasteiger partial charge in [0.15, 0.2) is 0 Å². The molecule has 1 rings (SSSR count). The van der Waals surface area contributed by atoms with Gasteiger partial charge >= 0.3 is 0 Å². The summed E-state index contributed by atoms with van der Waals surface area (Å²) in [5, 5.41) is 0. The van der Waals surface area contributed by atoms with Crippen LogP contribution in [-0.2, 0) is 4.74 Å². The van der Waals surface area contributed by atoms with Crippen LogP contribution in [0.15, 0.2) is 24.3 Å². The summed E-state index contributed by atoms with van der Waals surface area (Å²) in [4.78, 5) is 2.49. The zero-order valence-electron chi connectivity index (χ0n) is 18.5. The number of hydrogen-bond donors (Lipinski definition) is 0. The fraction of sp³-hybridized carbons (Fsp3) is 0.840. The standard InChI is InChI=1S/C25H47NO/c1-3-5-6-7-8-9-10-11-12-13-14-15-16-17-18-19-20-23-27-25-21-22-26(4-2)24-25/h8-9,11-12,25H,3-7,10,13-24H2,1-2H3/b9-8-,12-11-. The second-order valence-electron chi connectivity index (χ2n) is 8.11. The normalized spacial score (nSPS) is 18.4. The van der Waals surface area contributed by atoms with E-state index in [9.17, 15) is 0 Å². The predicted molar refractivity (Wildman–Crippen MR) is 120 cm³/mol. The first-order valence-electron chi connectivity index (χ1n) is 12.0. The van der Waals surface area contributed by atoms with Crippen molar-refractivity contribution < 1.29 is 4.74 Å². The molecule has 1 unspecified atom stereocenters. The van der Waals surface area contributed by atoms with E-state index >= 15 is 0 Å². The Morgan fingerprint density at radius 1 is 0.778 bits per heavy atom. The number of nitrogens with zero attached hydrogens (tertiary/aromatic N) is 1.